The molecule has 0 fully saturated rings. The third-order valence-corrected chi connectivity index (χ3v) is 2.42. The second kappa shape index (κ2) is 6.42. The Balaban J connectivity index is 2.68. The van der Waals surface area contributed by atoms with Crippen molar-refractivity contribution >= 4 is 28.9 Å². The van der Waals surface area contributed by atoms with Crippen LogP contribution in [-0.4, -0.2) is 34.0 Å². The lowest BCUT2D eigenvalue weighted by molar-refractivity contribution is 0.0604. The number of aliphatic imine (C=N–C) groups is 1. The number of rotatable bonds is 1. The lowest BCUT2D eigenvalue weighted by Crippen LogP contribution is -2.30. The first-order valence-electron chi connectivity index (χ1n) is 5.62. The number of hydrogen-bond acceptors (Lipinski definition) is 4. The van der Waals surface area contributed by atoms with Crippen LogP contribution in [0.4, 0.5) is 4.79 Å². The molecule has 0 radical (unpaired) electrons. The number of amides is 2. The topological polar surface area (TPSA) is 83.5 Å². The molecule has 0 bridgehead atoms. The number of amidine groups is 1. The van der Waals surface area contributed by atoms with E-state index in [2.05, 4.69) is 15.3 Å². The first-order valence-corrected chi connectivity index (χ1v) is 6.84. The van der Waals surface area contributed by atoms with Crippen LogP contribution in [0, 0.1) is 0 Å². The number of hydrogen-bond donors (Lipinski definition) is 2. The number of aromatic nitrogens is 1. The summed E-state index contributed by atoms with van der Waals surface area (Å²) in [5, 5.41) is 2.72. The van der Waals surface area contributed by atoms with Crippen molar-refractivity contribution in [2.45, 2.75) is 26.4 Å². The average molecular weight is 283 g/mol. The normalized spacial score (nSPS) is 12.1. The zero-order valence-corrected chi connectivity index (χ0v) is 12.1. The van der Waals surface area contributed by atoms with Crippen LogP contribution in [0.5, 0.6) is 0 Å². The Morgan fingerprint density at radius 2 is 2.11 bits per heavy atom. The van der Waals surface area contributed by atoms with Gasteiger partial charge >= 0.3 is 6.09 Å². The van der Waals surface area contributed by atoms with Gasteiger partial charge < -0.3 is 9.72 Å². The van der Waals surface area contributed by atoms with Crippen molar-refractivity contribution in [2.24, 2.45) is 4.99 Å². The first-order chi connectivity index (χ1) is 8.81. The van der Waals surface area contributed by atoms with E-state index in [4.69, 9.17) is 4.74 Å². The van der Waals surface area contributed by atoms with Crippen molar-refractivity contribution in [3.63, 3.8) is 0 Å². The summed E-state index contributed by atoms with van der Waals surface area (Å²) in [4.78, 5) is 29.7. The van der Waals surface area contributed by atoms with Gasteiger partial charge in [-0.05, 0) is 39.2 Å². The summed E-state index contributed by atoms with van der Waals surface area (Å²) in [5.74, 6) is -0.360. The molecule has 1 rings (SSSR count). The van der Waals surface area contributed by atoms with Crippen LogP contribution in [0.25, 0.3) is 0 Å². The molecule has 7 heteroatoms. The Labute approximate surface area is 116 Å². The number of aromatic amines is 1. The SMILES string of the molecule is CS/C(=N\C(=O)OC(C)(C)C)NC(=O)c1ccc[nH]1. The highest BCUT2D eigenvalue weighted by atomic mass is 32.2. The van der Waals surface area contributed by atoms with Crippen LogP contribution in [0.1, 0.15) is 31.3 Å². The molecular formula is C12H17N3O3S. The molecule has 0 aliphatic rings. The monoisotopic (exact) mass is 283 g/mol. The molecule has 0 unspecified atom stereocenters. The van der Waals surface area contributed by atoms with E-state index in [-0.39, 0.29) is 11.1 Å². The molecule has 0 aliphatic heterocycles. The van der Waals surface area contributed by atoms with E-state index in [1.807, 2.05) is 0 Å². The second-order valence-corrected chi connectivity index (χ2v) is 5.43. The van der Waals surface area contributed by atoms with Gasteiger partial charge in [-0.2, -0.15) is 4.99 Å². The van der Waals surface area contributed by atoms with Gasteiger partial charge in [-0.15, -0.1) is 0 Å². The molecule has 1 heterocycles. The number of nitrogens with zero attached hydrogens (tertiary/aromatic N) is 1. The molecule has 1 aromatic rings. The van der Waals surface area contributed by atoms with E-state index in [0.717, 1.165) is 11.8 Å². The van der Waals surface area contributed by atoms with Crippen LogP contribution < -0.4 is 5.32 Å². The highest BCUT2D eigenvalue weighted by Gasteiger charge is 2.17. The molecule has 0 atom stereocenters. The summed E-state index contributed by atoms with van der Waals surface area (Å²) >= 11 is 1.15. The van der Waals surface area contributed by atoms with Crippen molar-refractivity contribution in [2.75, 3.05) is 6.26 Å². The number of nitrogens with one attached hydrogen (secondary N) is 2. The van der Waals surface area contributed by atoms with E-state index >= 15 is 0 Å². The Morgan fingerprint density at radius 1 is 1.42 bits per heavy atom. The second-order valence-electron chi connectivity index (χ2n) is 4.64. The summed E-state index contributed by atoms with van der Waals surface area (Å²) in [7, 11) is 0. The Morgan fingerprint density at radius 3 is 2.58 bits per heavy atom. The minimum Gasteiger partial charge on any atom is -0.442 e. The summed E-state index contributed by atoms with van der Waals surface area (Å²) < 4.78 is 5.04. The summed E-state index contributed by atoms with van der Waals surface area (Å²) in [6.45, 7) is 5.24. The van der Waals surface area contributed by atoms with Gasteiger partial charge in [0.05, 0.1) is 0 Å². The van der Waals surface area contributed by atoms with Crippen molar-refractivity contribution in [1.82, 2.24) is 10.3 Å². The van der Waals surface area contributed by atoms with Gasteiger partial charge in [-0.3, -0.25) is 10.1 Å². The fraction of sp³-hybridized carbons (Fsp3) is 0.417. The maximum atomic E-state index is 11.8. The average Bonchev–Trinajstić information content (AvgIpc) is 2.78. The largest absolute Gasteiger partial charge is 0.442 e. The van der Waals surface area contributed by atoms with E-state index in [1.165, 1.54) is 0 Å². The Kier molecular flexibility index (Phi) is 5.17. The third kappa shape index (κ3) is 5.60. The number of ether oxygens (including phenoxy) is 1. The highest BCUT2D eigenvalue weighted by Crippen LogP contribution is 2.09. The van der Waals surface area contributed by atoms with Crippen molar-refractivity contribution in [1.29, 1.82) is 0 Å². The zero-order valence-electron chi connectivity index (χ0n) is 11.3. The molecule has 0 saturated heterocycles. The van der Waals surface area contributed by atoms with E-state index < -0.39 is 11.7 Å². The fourth-order valence-electron chi connectivity index (χ4n) is 1.13. The summed E-state index contributed by atoms with van der Waals surface area (Å²) in [5.41, 5.74) is -0.223. The molecule has 1 aromatic heterocycles. The Hall–Kier alpha value is -1.76. The van der Waals surface area contributed by atoms with Gasteiger partial charge in [0.25, 0.3) is 5.91 Å². The molecular weight excluding hydrogens is 266 g/mol. The first kappa shape index (κ1) is 15.3. The maximum Gasteiger partial charge on any atom is 0.436 e. The van der Waals surface area contributed by atoms with Gasteiger partial charge in [0, 0.05) is 6.20 Å². The number of carbonyl (C=O) groups is 2. The molecule has 104 valence electrons. The number of carbonyl (C=O) groups excluding carboxylic acids is 2. The Bertz CT molecular complexity index is 475. The maximum absolute atomic E-state index is 11.8. The molecule has 19 heavy (non-hydrogen) atoms. The van der Waals surface area contributed by atoms with Crippen molar-refractivity contribution in [3.8, 4) is 0 Å². The van der Waals surface area contributed by atoms with Crippen LogP contribution in [0.3, 0.4) is 0 Å². The standard InChI is InChI=1S/C12H17N3O3S/c1-12(2,3)18-11(17)15-10(19-4)14-9(16)8-6-5-7-13-8/h5-7,13H,1-4H3,(H,14,15,16,17). The lowest BCUT2D eigenvalue weighted by Gasteiger charge is -2.17. The number of H-pyrrole nitrogens is 1. The van der Waals surface area contributed by atoms with Gasteiger partial charge in [0.1, 0.15) is 11.3 Å². The van der Waals surface area contributed by atoms with Gasteiger partial charge in [0.2, 0.25) is 0 Å². The molecule has 0 aromatic carbocycles. The van der Waals surface area contributed by atoms with Crippen LogP contribution in [0.15, 0.2) is 23.3 Å². The third-order valence-electron chi connectivity index (χ3n) is 1.84. The van der Waals surface area contributed by atoms with E-state index in [0.29, 0.717) is 5.69 Å². The predicted molar refractivity (Wildman–Crippen MR) is 75.4 cm³/mol. The molecule has 2 amide bonds. The molecule has 0 saturated carbocycles. The van der Waals surface area contributed by atoms with Gasteiger partial charge in [-0.1, -0.05) is 11.8 Å². The molecule has 0 spiro atoms. The highest BCUT2D eigenvalue weighted by molar-refractivity contribution is 8.13. The lowest BCUT2D eigenvalue weighted by atomic mass is 10.2. The van der Waals surface area contributed by atoms with Crippen molar-refractivity contribution < 1.29 is 14.3 Å². The summed E-state index contributed by atoms with van der Waals surface area (Å²) in [6, 6.07) is 3.33. The predicted octanol–water partition coefficient (Wildman–Crippen LogP) is 2.40. The quantitative estimate of drug-likeness (QED) is 0.612. The van der Waals surface area contributed by atoms with Crippen LogP contribution in [-0.2, 0) is 4.74 Å². The zero-order chi connectivity index (χ0) is 14.5. The fourth-order valence-corrected chi connectivity index (χ4v) is 1.49. The minimum atomic E-state index is -0.733. The minimum absolute atomic E-state index is 0.189. The number of thioether (sulfide) groups is 1. The van der Waals surface area contributed by atoms with Crippen molar-refractivity contribution in [3.05, 3.63) is 24.0 Å². The summed E-state index contributed by atoms with van der Waals surface area (Å²) in [6.07, 6.45) is 2.61. The molecule has 6 nitrogen and oxygen atoms in total. The van der Waals surface area contributed by atoms with E-state index in [9.17, 15) is 9.59 Å². The van der Waals surface area contributed by atoms with Crippen LogP contribution >= 0.6 is 11.8 Å². The molecule has 0 aliphatic carbocycles. The van der Waals surface area contributed by atoms with Gasteiger partial charge in [0.15, 0.2) is 5.17 Å². The van der Waals surface area contributed by atoms with E-state index in [1.54, 1.807) is 45.4 Å². The van der Waals surface area contributed by atoms with Gasteiger partial charge in [-0.25, -0.2) is 4.79 Å². The molecule has 2 N–H and O–H groups in total. The van der Waals surface area contributed by atoms with Crippen LogP contribution in [0.2, 0.25) is 0 Å². The smallest absolute Gasteiger partial charge is 0.436 e.